The molecule has 0 aliphatic carbocycles. The van der Waals surface area contributed by atoms with Crippen molar-refractivity contribution in [1.82, 2.24) is 9.55 Å². The summed E-state index contributed by atoms with van der Waals surface area (Å²) in [5.74, 6) is 1.06. The van der Waals surface area contributed by atoms with Crippen molar-refractivity contribution in [2.45, 2.75) is 46.6 Å². The molecule has 1 aromatic heterocycles. The van der Waals surface area contributed by atoms with Gasteiger partial charge in [-0.05, 0) is 31.9 Å². The summed E-state index contributed by atoms with van der Waals surface area (Å²) in [5.41, 5.74) is 7.52. The number of nitrogens with two attached hydrogens (primary N) is 1. The Morgan fingerprint density at radius 3 is 2.48 bits per heavy atom. The van der Waals surface area contributed by atoms with E-state index in [-0.39, 0.29) is 5.78 Å². The van der Waals surface area contributed by atoms with E-state index in [1.54, 1.807) is 0 Å². The Morgan fingerprint density at radius 2 is 1.90 bits per heavy atom. The largest absolute Gasteiger partial charge is 0.329 e. The fourth-order valence-electron chi connectivity index (χ4n) is 2.99. The van der Waals surface area contributed by atoms with Gasteiger partial charge in [-0.2, -0.15) is 0 Å². The second kappa shape index (κ2) is 6.39. The van der Waals surface area contributed by atoms with Crippen molar-refractivity contribution in [3.8, 4) is 0 Å². The SMILES string of the molecule is CCn1c(CC(=O)C(CC)(CC)CN)nc2ccccc21. The van der Waals surface area contributed by atoms with Gasteiger partial charge in [0.1, 0.15) is 11.6 Å². The summed E-state index contributed by atoms with van der Waals surface area (Å²) in [7, 11) is 0. The lowest BCUT2D eigenvalue weighted by molar-refractivity contribution is -0.128. The number of aryl methyl sites for hydroxylation is 1. The van der Waals surface area contributed by atoms with E-state index in [1.165, 1.54) is 0 Å². The van der Waals surface area contributed by atoms with Gasteiger partial charge in [-0.15, -0.1) is 0 Å². The van der Waals surface area contributed by atoms with E-state index in [1.807, 2.05) is 32.0 Å². The average Bonchev–Trinajstić information content (AvgIpc) is 2.86. The van der Waals surface area contributed by atoms with Gasteiger partial charge in [0.2, 0.25) is 0 Å². The summed E-state index contributed by atoms with van der Waals surface area (Å²) in [6.45, 7) is 7.38. The molecule has 2 aromatic rings. The average molecular weight is 287 g/mol. The van der Waals surface area contributed by atoms with E-state index < -0.39 is 5.41 Å². The maximum Gasteiger partial charge on any atom is 0.147 e. The maximum absolute atomic E-state index is 12.7. The number of carbonyl (C=O) groups excluding carboxylic acids is 1. The Morgan fingerprint density at radius 1 is 1.24 bits per heavy atom. The van der Waals surface area contributed by atoms with E-state index in [0.29, 0.717) is 13.0 Å². The van der Waals surface area contributed by atoms with Gasteiger partial charge in [0, 0.05) is 18.5 Å². The first-order chi connectivity index (χ1) is 10.1. The van der Waals surface area contributed by atoms with Crippen LogP contribution in [-0.2, 0) is 17.8 Å². The molecule has 4 heteroatoms. The van der Waals surface area contributed by atoms with Crippen LogP contribution in [0.5, 0.6) is 0 Å². The van der Waals surface area contributed by atoms with Crippen LogP contribution in [0.4, 0.5) is 0 Å². The summed E-state index contributed by atoms with van der Waals surface area (Å²) in [6, 6.07) is 8.02. The van der Waals surface area contributed by atoms with Crippen molar-refractivity contribution in [2.75, 3.05) is 6.54 Å². The fourth-order valence-corrected chi connectivity index (χ4v) is 2.99. The first kappa shape index (κ1) is 15.7. The zero-order chi connectivity index (χ0) is 15.5. The number of benzene rings is 1. The molecule has 1 aromatic carbocycles. The third-order valence-corrected chi connectivity index (χ3v) is 4.70. The number of carbonyl (C=O) groups is 1. The van der Waals surface area contributed by atoms with Crippen LogP contribution in [0, 0.1) is 5.41 Å². The van der Waals surface area contributed by atoms with Gasteiger partial charge in [-0.1, -0.05) is 26.0 Å². The molecular weight excluding hydrogens is 262 g/mol. The maximum atomic E-state index is 12.7. The van der Waals surface area contributed by atoms with Crippen LogP contribution in [0.15, 0.2) is 24.3 Å². The van der Waals surface area contributed by atoms with E-state index in [0.717, 1.165) is 36.2 Å². The third kappa shape index (κ3) is 2.72. The monoisotopic (exact) mass is 287 g/mol. The molecule has 0 radical (unpaired) electrons. The number of hydrogen-bond donors (Lipinski definition) is 1. The lowest BCUT2D eigenvalue weighted by atomic mass is 9.77. The normalized spacial score (nSPS) is 12.0. The van der Waals surface area contributed by atoms with Crippen molar-refractivity contribution in [3.05, 3.63) is 30.1 Å². The summed E-state index contributed by atoms with van der Waals surface area (Å²) in [5, 5.41) is 0. The Kier molecular flexibility index (Phi) is 4.78. The number of fused-ring (bicyclic) bond motifs is 1. The predicted molar refractivity (Wildman–Crippen MR) is 86.2 cm³/mol. The highest BCUT2D eigenvalue weighted by Crippen LogP contribution is 2.28. The molecule has 0 amide bonds. The lowest BCUT2D eigenvalue weighted by Gasteiger charge is -2.28. The second-order valence-corrected chi connectivity index (χ2v) is 5.55. The molecule has 4 nitrogen and oxygen atoms in total. The molecule has 0 fully saturated rings. The minimum absolute atomic E-state index is 0.208. The zero-order valence-corrected chi connectivity index (χ0v) is 13.2. The molecule has 2 rings (SSSR count). The van der Waals surface area contributed by atoms with Crippen LogP contribution in [0.2, 0.25) is 0 Å². The van der Waals surface area contributed by atoms with Crippen LogP contribution in [-0.4, -0.2) is 21.9 Å². The molecule has 0 saturated heterocycles. The Bertz CT molecular complexity index is 618. The summed E-state index contributed by atoms with van der Waals surface area (Å²) < 4.78 is 2.12. The number of Topliss-reactive ketones (excluding diaryl/α,β-unsaturated/α-hetero) is 1. The van der Waals surface area contributed by atoms with Crippen molar-refractivity contribution in [3.63, 3.8) is 0 Å². The number of para-hydroxylation sites is 2. The molecule has 0 aliphatic rings. The number of nitrogens with zero attached hydrogens (tertiary/aromatic N) is 2. The first-order valence-corrected chi connectivity index (χ1v) is 7.79. The van der Waals surface area contributed by atoms with Gasteiger partial charge in [0.05, 0.1) is 17.5 Å². The number of ketones is 1. The van der Waals surface area contributed by atoms with Crippen LogP contribution in [0.25, 0.3) is 11.0 Å². The highest BCUT2D eigenvalue weighted by atomic mass is 16.1. The smallest absolute Gasteiger partial charge is 0.147 e. The van der Waals surface area contributed by atoms with Crippen molar-refractivity contribution < 1.29 is 4.79 Å². The molecule has 0 unspecified atom stereocenters. The van der Waals surface area contributed by atoms with Crippen molar-refractivity contribution in [2.24, 2.45) is 11.1 Å². The van der Waals surface area contributed by atoms with Crippen molar-refractivity contribution >= 4 is 16.8 Å². The minimum Gasteiger partial charge on any atom is -0.329 e. The molecule has 0 bridgehead atoms. The van der Waals surface area contributed by atoms with Gasteiger partial charge in [-0.3, -0.25) is 4.79 Å². The minimum atomic E-state index is -0.406. The number of rotatable bonds is 7. The molecule has 0 aliphatic heterocycles. The van der Waals surface area contributed by atoms with E-state index in [9.17, 15) is 4.79 Å². The number of hydrogen-bond acceptors (Lipinski definition) is 3. The van der Waals surface area contributed by atoms with Crippen molar-refractivity contribution in [1.29, 1.82) is 0 Å². The number of aromatic nitrogens is 2. The molecule has 0 saturated carbocycles. The van der Waals surface area contributed by atoms with Gasteiger partial charge in [0.25, 0.3) is 0 Å². The predicted octanol–water partition coefficient (Wildman–Crippen LogP) is 2.93. The van der Waals surface area contributed by atoms with Gasteiger partial charge >= 0.3 is 0 Å². The van der Waals surface area contributed by atoms with Crippen LogP contribution in [0.3, 0.4) is 0 Å². The zero-order valence-electron chi connectivity index (χ0n) is 13.2. The quantitative estimate of drug-likeness (QED) is 0.851. The molecule has 21 heavy (non-hydrogen) atoms. The summed E-state index contributed by atoms with van der Waals surface area (Å²) >= 11 is 0. The Hall–Kier alpha value is -1.68. The molecule has 1 heterocycles. The molecule has 2 N–H and O–H groups in total. The standard InChI is InChI=1S/C17H25N3O/c1-4-17(5-2,12-18)15(21)11-16-19-13-9-7-8-10-14(13)20(16)6-3/h7-10H,4-6,11-12,18H2,1-3H3. The lowest BCUT2D eigenvalue weighted by Crippen LogP contribution is -2.39. The molecule has 0 atom stereocenters. The first-order valence-electron chi connectivity index (χ1n) is 7.79. The second-order valence-electron chi connectivity index (χ2n) is 5.55. The van der Waals surface area contributed by atoms with Gasteiger partial charge < -0.3 is 10.3 Å². The topological polar surface area (TPSA) is 60.9 Å². The molecular formula is C17H25N3O. The molecule has 0 spiro atoms. The number of imidazole rings is 1. The highest BCUT2D eigenvalue weighted by Gasteiger charge is 2.33. The van der Waals surface area contributed by atoms with E-state index >= 15 is 0 Å². The summed E-state index contributed by atoms with van der Waals surface area (Å²) in [6.07, 6.45) is 1.93. The highest BCUT2D eigenvalue weighted by molar-refractivity contribution is 5.87. The van der Waals surface area contributed by atoms with Gasteiger partial charge in [0.15, 0.2) is 0 Å². The Balaban J connectivity index is 2.37. The molecule has 114 valence electrons. The van der Waals surface area contributed by atoms with Crippen LogP contribution >= 0.6 is 0 Å². The van der Waals surface area contributed by atoms with E-state index in [4.69, 9.17) is 5.73 Å². The fraction of sp³-hybridized carbons (Fsp3) is 0.529. The van der Waals surface area contributed by atoms with E-state index in [2.05, 4.69) is 22.5 Å². The van der Waals surface area contributed by atoms with Crippen LogP contribution < -0.4 is 5.73 Å². The van der Waals surface area contributed by atoms with Crippen LogP contribution in [0.1, 0.15) is 39.4 Å². The summed E-state index contributed by atoms with van der Waals surface area (Å²) in [4.78, 5) is 17.4. The third-order valence-electron chi connectivity index (χ3n) is 4.70. The Labute approximate surface area is 126 Å². The van der Waals surface area contributed by atoms with Gasteiger partial charge in [-0.25, -0.2) is 4.98 Å².